The Kier molecular flexibility index (Phi) is 6.57. The summed E-state index contributed by atoms with van der Waals surface area (Å²) in [4.78, 5) is 0. The highest BCUT2D eigenvalue weighted by Gasteiger charge is 2.10. The average Bonchev–Trinajstić information content (AvgIpc) is 2.00. The molecule has 68 valence electrons. The van der Waals surface area contributed by atoms with Gasteiger partial charge in [0.15, 0.2) is 0 Å². The predicted molar refractivity (Wildman–Crippen MR) is 50.4 cm³/mol. The minimum absolute atomic E-state index is 0.214. The zero-order chi connectivity index (χ0) is 8.69. The first-order valence-corrected chi connectivity index (χ1v) is 4.73. The molecule has 0 aliphatic carbocycles. The fraction of sp³-hybridized carbons (Fsp3) is 1.00. The standard InChI is InChI=1S/C9H22N2/c1-3-5-7-9(11)8(10)6-4-2/h8-9H,3-7,10-11H2,1-2H3/t8-,9+/m1/s1. The van der Waals surface area contributed by atoms with E-state index in [9.17, 15) is 0 Å². The number of hydrogen-bond acceptors (Lipinski definition) is 2. The molecule has 2 nitrogen and oxygen atoms in total. The van der Waals surface area contributed by atoms with Gasteiger partial charge in [-0.15, -0.1) is 0 Å². The lowest BCUT2D eigenvalue weighted by Crippen LogP contribution is -2.41. The summed E-state index contributed by atoms with van der Waals surface area (Å²) in [5.74, 6) is 0. The van der Waals surface area contributed by atoms with Crippen molar-refractivity contribution in [3.05, 3.63) is 0 Å². The van der Waals surface area contributed by atoms with Crippen molar-refractivity contribution in [3.8, 4) is 0 Å². The first kappa shape index (κ1) is 10.9. The third-order valence-corrected chi connectivity index (χ3v) is 2.06. The van der Waals surface area contributed by atoms with Crippen molar-refractivity contribution < 1.29 is 0 Å². The smallest absolute Gasteiger partial charge is 0.0192 e. The van der Waals surface area contributed by atoms with E-state index in [1.807, 2.05) is 0 Å². The normalized spacial score (nSPS) is 16.4. The largest absolute Gasteiger partial charge is 0.326 e. The van der Waals surface area contributed by atoms with Crippen LogP contribution in [0.5, 0.6) is 0 Å². The van der Waals surface area contributed by atoms with Crippen molar-refractivity contribution in [1.82, 2.24) is 0 Å². The molecule has 0 spiro atoms. The molecule has 0 radical (unpaired) electrons. The summed E-state index contributed by atoms with van der Waals surface area (Å²) in [5, 5.41) is 0. The summed E-state index contributed by atoms with van der Waals surface area (Å²) < 4.78 is 0. The highest BCUT2D eigenvalue weighted by molar-refractivity contribution is 4.74. The van der Waals surface area contributed by atoms with Gasteiger partial charge in [0.25, 0.3) is 0 Å². The third-order valence-electron chi connectivity index (χ3n) is 2.06. The van der Waals surface area contributed by atoms with Crippen molar-refractivity contribution >= 4 is 0 Å². The molecule has 0 aliphatic rings. The topological polar surface area (TPSA) is 52.0 Å². The van der Waals surface area contributed by atoms with Crippen LogP contribution in [0, 0.1) is 0 Å². The van der Waals surface area contributed by atoms with Crippen LogP contribution in [0.1, 0.15) is 46.0 Å². The van der Waals surface area contributed by atoms with Gasteiger partial charge < -0.3 is 11.5 Å². The van der Waals surface area contributed by atoms with Gasteiger partial charge in [-0.1, -0.05) is 33.1 Å². The Morgan fingerprint density at radius 1 is 0.909 bits per heavy atom. The van der Waals surface area contributed by atoms with E-state index < -0.39 is 0 Å². The Hall–Kier alpha value is -0.0800. The molecule has 0 aromatic rings. The van der Waals surface area contributed by atoms with E-state index in [1.165, 1.54) is 12.8 Å². The van der Waals surface area contributed by atoms with Gasteiger partial charge in [0.2, 0.25) is 0 Å². The summed E-state index contributed by atoms with van der Waals surface area (Å²) in [7, 11) is 0. The predicted octanol–water partition coefficient (Wildman–Crippen LogP) is 1.63. The lowest BCUT2D eigenvalue weighted by molar-refractivity contribution is 0.453. The van der Waals surface area contributed by atoms with Crippen molar-refractivity contribution in [2.45, 2.75) is 58.0 Å². The second-order valence-corrected chi connectivity index (χ2v) is 3.26. The number of rotatable bonds is 6. The van der Waals surface area contributed by atoms with Gasteiger partial charge in [0.1, 0.15) is 0 Å². The lowest BCUT2D eigenvalue weighted by Gasteiger charge is -2.18. The molecule has 0 amide bonds. The minimum atomic E-state index is 0.214. The van der Waals surface area contributed by atoms with Crippen molar-refractivity contribution in [2.75, 3.05) is 0 Å². The van der Waals surface area contributed by atoms with Crippen LogP contribution in [0.25, 0.3) is 0 Å². The summed E-state index contributed by atoms with van der Waals surface area (Å²) in [6.45, 7) is 4.32. The molecule has 0 aromatic heterocycles. The van der Waals surface area contributed by atoms with Crippen LogP contribution in [0.2, 0.25) is 0 Å². The van der Waals surface area contributed by atoms with E-state index in [0.717, 1.165) is 19.3 Å². The van der Waals surface area contributed by atoms with Crippen LogP contribution >= 0.6 is 0 Å². The molecule has 0 fully saturated rings. The SMILES string of the molecule is CCCC[C@H](N)[C@H](N)CCC. The van der Waals surface area contributed by atoms with Gasteiger partial charge in [-0.05, 0) is 12.8 Å². The third kappa shape index (κ3) is 5.22. The van der Waals surface area contributed by atoms with Crippen LogP contribution in [-0.4, -0.2) is 12.1 Å². The zero-order valence-electron chi connectivity index (χ0n) is 7.84. The molecule has 0 aromatic carbocycles. The Morgan fingerprint density at radius 3 is 1.91 bits per heavy atom. The summed E-state index contributed by atoms with van der Waals surface area (Å²) in [6.07, 6.45) is 5.70. The van der Waals surface area contributed by atoms with Crippen LogP contribution in [0.4, 0.5) is 0 Å². The van der Waals surface area contributed by atoms with E-state index in [0.29, 0.717) is 0 Å². The summed E-state index contributed by atoms with van der Waals surface area (Å²) in [6, 6.07) is 0.432. The molecule has 0 rings (SSSR count). The maximum atomic E-state index is 5.86. The molecular formula is C9H22N2. The monoisotopic (exact) mass is 158 g/mol. The molecule has 11 heavy (non-hydrogen) atoms. The second-order valence-electron chi connectivity index (χ2n) is 3.26. The van der Waals surface area contributed by atoms with Gasteiger partial charge in [-0.25, -0.2) is 0 Å². The first-order chi connectivity index (χ1) is 5.22. The van der Waals surface area contributed by atoms with E-state index in [4.69, 9.17) is 11.5 Å². The summed E-state index contributed by atoms with van der Waals surface area (Å²) >= 11 is 0. The van der Waals surface area contributed by atoms with Gasteiger partial charge >= 0.3 is 0 Å². The maximum absolute atomic E-state index is 5.86. The molecule has 0 unspecified atom stereocenters. The number of hydrogen-bond donors (Lipinski definition) is 2. The number of nitrogens with two attached hydrogens (primary N) is 2. The molecule has 0 saturated carbocycles. The van der Waals surface area contributed by atoms with Crippen molar-refractivity contribution in [2.24, 2.45) is 11.5 Å². The second kappa shape index (κ2) is 6.62. The van der Waals surface area contributed by atoms with Gasteiger partial charge in [-0.2, -0.15) is 0 Å². The molecule has 0 saturated heterocycles. The van der Waals surface area contributed by atoms with E-state index in [2.05, 4.69) is 13.8 Å². The zero-order valence-corrected chi connectivity index (χ0v) is 7.84. The molecule has 2 atom stereocenters. The van der Waals surface area contributed by atoms with Crippen molar-refractivity contribution in [3.63, 3.8) is 0 Å². The number of unbranched alkanes of at least 4 members (excludes halogenated alkanes) is 1. The summed E-state index contributed by atoms with van der Waals surface area (Å²) in [5.41, 5.74) is 11.7. The quantitative estimate of drug-likeness (QED) is 0.617. The van der Waals surface area contributed by atoms with Crippen LogP contribution in [-0.2, 0) is 0 Å². The molecule has 2 heteroatoms. The molecule has 4 N–H and O–H groups in total. The van der Waals surface area contributed by atoms with Gasteiger partial charge in [0.05, 0.1) is 0 Å². The van der Waals surface area contributed by atoms with Crippen LogP contribution in [0.3, 0.4) is 0 Å². The highest BCUT2D eigenvalue weighted by atomic mass is 14.8. The Balaban J connectivity index is 3.38. The molecule has 0 aliphatic heterocycles. The fourth-order valence-corrected chi connectivity index (χ4v) is 1.20. The molecule has 0 bridgehead atoms. The van der Waals surface area contributed by atoms with E-state index in [-0.39, 0.29) is 12.1 Å². The average molecular weight is 158 g/mol. The van der Waals surface area contributed by atoms with Crippen LogP contribution in [0.15, 0.2) is 0 Å². The Bertz CT molecular complexity index is 83.6. The molecule has 0 heterocycles. The van der Waals surface area contributed by atoms with Crippen molar-refractivity contribution in [1.29, 1.82) is 0 Å². The maximum Gasteiger partial charge on any atom is 0.0192 e. The van der Waals surface area contributed by atoms with Crippen LogP contribution < -0.4 is 11.5 Å². The Labute approximate surface area is 70.3 Å². The highest BCUT2D eigenvalue weighted by Crippen LogP contribution is 2.04. The minimum Gasteiger partial charge on any atom is -0.326 e. The Morgan fingerprint density at radius 2 is 1.45 bits per heavy atom. The lowest BCUT2D eigenvalue weighted by atomic mass is 10.00. The molecular weight excluding hydrogens is 136 g/mol. The van der Waals surface area contributed by atoms with E-state index in [1.54, 1.807) is 0 Å². The van der Waals surface area contributed by atoms with E-state index >= 15 is 0 Å². The first-order valence-electron chi connectivity index (χ1n) is 4.73. The van der Waals surface area contributed by atoms with Gasteiger partial charge in [0, 0.05) is 12.1 Å². The van der Waals surface area contributed by atoms with Gasteiger partial charge in [-0.3, -0.25) is 0 Å². The fourth-order valence-electron chi connectivity index (χ4n) is 1.20.